The highest BCUT2D eigenvalue weighted by Crippen LogP contribution is 2.39. The maximum Gasteiger partial charge on any atom is 0.228 e. The Labute approximate surface area is 136 Å². The predicted octanol–water partition coefficient (Wildman–Crippen LogP) is 2.50. The molecule has 6 nitrogen and oxygen atoms in total. The van der Waals surface area contributed by atoms with Crippen molar-refractivity contribution in [2.24, 2.45) is 0 Å². The van der Waals surface area contributed by atoms with Crippen LogP contribution in [0.5, 0.6) is 17.4 Å². The van der Waals surface area contributed by atoms with E-state index in [1.54, 1.807) is 33.6 Å². The molecule has 1 atom stereocenters. The second kappa shape index (κ2) is 6.73. The minimum absolute atomic E-state index is 0.356. The van der Waals surface area contributed by atoms with Crippen LogP contribution in [0.1, 0.15) is 17.9 Å². The number of hydrogen-bond acceptors (Lipinski definition) is 6. The maximum absolute atomic E-state index is 5.56. The first kappa shape index (κ1) is 15.4. The summed E-state index contributed by atoms with van der Waals surface area (Å²) in [4.78, 5) is 10.9. The molecular formula is C17H21N3O3. The van der Waals surface area contributed by atoms with Gasteiger partial charge >= 0.3 is 0 Å². The fourth-order valence-corrected chi connectivity index (χ4v) is 3.03. The average molecular weight is 315 g/mol. The minimum atomic E-state index is 0.356. The molecule has 1 unspecified atom stereocenters. The van der Waals surface area contributed by atoms with E-state index in [1.165, 1.54) is 0 Å². The van der Waals surface area contributed by atoms with Crippen molar-refractivity contribution in [3.05, 3.63) is 36.0 Å². The molecule has 0 bridgehead atoms. The Morgan fingerprint density at radius 3 is 2.70 bits per heavy atom. The molecule has 0 aliphatic carbocycles. The zero-order valence-corrected chi connectivity index (χ0v) is 13.7. The van der Waals surface area contributed by atoms with Gasteiger partial charge in [-0.25, -0.2) is 4.98 Å². The minimum Gasteiger partial charge on any atom is -0.493 e. The van der Waals surface area contributed by atoms with Crippen LogP contribution in [0.2, 0.25) is 0 Å². The van der Waals surface area contributed by atoms with E-state index >= 15 is 0 Å². The molecule has 1 aromatic heterocycles. The van der Waals surface area contributed by atoms with Crippen molar-refractivity contribution in [2.75, 3.05) is 39.3 Å². The summed E-state index contributed by atoms with van der Waals surface area (Å²) in [5.74, 6) is 3.22. The fourth-order valence-electron chi connectivity index (χ4n) is 3.03. The Hall–Kier alpha value is -2.50. The van der Waals surface area contributed by atoms with Crippen LogP contribution >= 0.6 is 0 Å². The van der Waals surface area contributed by atoms with Gasteiger partial charge in [-0.2, -0.15) is 4.98 Å². The van der Waals surface area contributed by atoms with Crippen LogP contribution in [0, 0.1) is 0 Å². The lowest BCUT2D eigenvalue weighted by Gasteiger charge is -2.19. The molecule has 0 radical (unpaired) electrons. The van der Waals surface area contributed by atoms with E-state index in [1.807, 2.05) is 12.1 Å². The van der Waals surface area contributed by atoms with Crippen LogP contribution < -0.4 is 19.1 Å². The lowest BCUT2D eigenvalue weighted by molar-refractivity contribution is 0.350. The van der Waals surface area contributed by atoms with Crippen LogP contribution in [0.25, 0.3) is 0 Å². The van der Waals surface area contributed by atoms with Gasteiger partial charge in [-0.3, -0.25) is 0 Å². The number of rotatable bonds is 5. The van der Waals surface area contributed by atoms with E-state index < -0.39 is 0 Å². The molecule has 2 heterocycles. The first-order valence-corrected chi connectivity index (χ1v) is 7.59. The summed E-state index contributed by atoms with van der Waals surface area (Å²) in [5.41, 5.74) is 1.16. The molecular weight excluding hydrogens is 294 g/mol. The zero-order chi connectivity index (χ0) is 16.2. The van der Waals surface area contributed by atoms with Crippen molar-refractivity contribution in [3.8, 4) is 17.4 Å². The number of para-hydroxylation sites is 1. The van der Waals surface area contributed by atoms with Gasteiger partial charge in [0.25, 0.3) is 0 Å². The number of benzene rings is 1. The van der Waals surface area contributed by atoms with E-state index in [9.17, 15) is 0 Å². The van der Waals surface area contributed by atoms with Crippen molar-refractivity contribution in [1.29, 1.82) is 0 Å². The summed E-state index contributed by atoms with van der Waals surface area (Å²) >= 11 is 0. The lowest BCUT2D eigenvalue weighted by Crippen LogP contribution is -2.21. The first-order chi connectivity index (χ1) is 11.3. The Morgan fingerprint density at radius 2 is 1.96 bits per heavy atom. The SMILES string of the molecule is COc1ccnc(N2CCC(c3cccc(OC)c3OC)C2)n1. The van der Waals surface area contributed by atoms with Gasteiger partial charge in [-0.05, 0) is 12.5 Å². The number of ether oxygens (including phenoxy) is 3. The topological polar surface area (TPSA) is 56.7 Å². The summed E-state index contributed by atoms with van der Waals surface area (Å²) < 4.78 is 16.1. The van der Waals surface area contributed by atoms with Gasteiger partial charge in [0.15, 0.2) is 11.5 Å². The average Bonchev–Trinajstić information content (AvgIpc) is 3.10. The number of nitrogens with zero attached hydrogens (tertiary/aromatic N) is 3. The molecule has 1 aromatic carbocycles. The monoisotopic (exact) mass is 315 g/mol. The Balaban J connectivity index is 1.82. The highest BCUT2D eigenvalue weighted by Gasteiger charge is 2.28. The Bertz CT molecular complexity index is 678. The fraction of sp³-hybridized carbons (Fsp3) is 0.412. The van der Waals surface area contributed by atoms with Gasteiger partial charge in [-0.1, -0.05) is 12.1 Å². The number of aromatic nitrogens is 2. The molecule has 3 rings (SSSR count). The second-order valence-electron chi connectivity index (χ2n) is 5.41. The van der Waals surface area contributed by atoms with Gasteiger partial charge in [0.2, 0.25) is 11.8 Å². The molecule has 1 aliphatic heterocycles. The molecule has 0 spiro atoms. The summed E-state index contributed by atoms with van der Waals surface area (Å²) in [6, 6.07) is 7.77. The van der Waals surface area contributed by atoms with Gasteiger partial charge in [0.05, 0.1) is 21.3 Å². The molecule has 1 saturated heterocycles. The van der Waals surface area contributed by atoms with Crippen molar-refractivity contribution in [2.45, 2.75) is 12.3 Å². The third-order valence-corrected chi connectivity index (χ3v) is 4.17. The van der Waals surface area contributed by atoms with Crippen molar-refractivity contribution < 1.29 is 14.2 Å². The van der Waals surface area contributed by atoms with Crippen LogP contribution in [-0.4, -0.2) is 44.4 Å². The molecule has 0 amide bonds. The lowest BCUT2D eigenvalue weighted by atomic mass is 9.97. The summed E-state index contributed by atoms with van der Waals surface area (Å²) in [7, 11) is 4.95. The molecule has 23 heavy (non-hydrogen) atoms. The zero-order valence-electron chi connectivity index (χ0n) is 13.7. The molecule has 1 aliphatic rings. The second-order valence-corrected chi connectivity index (χ2v) is 5.41. The van der Waals surface area contributed by atoms with Crippen molar-refractivity contribution in [1.82, 2.24) is 9.97 Å². The van der Waals surface area contributed by atoms with Gasteiger partial charge < -0.3 is 19.1 Å². The molecule has 0 N–H and O–H groups in total. The first-order valence-electron chi connectivity index (χ1n) is 7.59. The molecule has 0 saturated carbocycles. The summed E-state index contributed by atoms with van der Waals surface area (Å²) in [5, 5.41) is 0. The Morgan fingerprint density at radius 1 is 1.09 bits per heavy atom. The van der Waals surface area contributed by atoms with Crippen molar-refractivity contribution >= 4 is 5.95 Å². The van der Waals surface area contributed by atoms with E-state index in [-0.39, 0.29) is 0 Å². The number of hydrogen-bond donors (Lipinski definition) is 0. The molecule has 1 fully saturated rings. The van der Waals surface area contributed by atoms with Crippen LogP contribution in [0.15, 0.2) is 30.5 Å². The van der Waals surface area contributed by atoms with Crippen LogP contribution in [0.4, 0.5) is 5.95 Å². The number of anilines is 1. The molecule has 2 aromatic rings. The molecule has 6 heteroatoms. The highest BCUT2D eigenvalue weighted by atomic mass is 16.5. The predicted molar refractivity (Wildman–Crippen MR) is 87.7 cm³/mol. The highest BCUT2D eigenvalue weighted by molar-refractivity contribution is 5.50. The van der Waals surface area contributed by atoms with Gasteiger partial charge in [0, 0.05) is 36.8 Å². The largest absolute Gasteiger partial charge is 0.493 e. The Kier molecular flexibility index (Phi) is 4.50. The smallest absolute Gasteiger partial charge is 0.228 e. The summed E-state index contributed by atoms with van der Waals surface area (Å²) in [6.45, 7) is 1.74. The van der Waals surface area contributed by atoms with Crippen LogP contribution in [-0.2, 0) is 0 Å². The maximum atomic E-state index is 5.56. The van der Waals surface area contributed by atoms with Gasteiger partial charge in [0.1, 0.15) is 0 Å². The van der Waals surface area contributed by atoms with Crippen LogP contribution in [0.3, 0.4) is 0 Å². The van der Waals surface area contributed by atoms with Crippen molar-refractivity contribution in [3.63, 3.8) is 0 Å². The third-order valence-electron chi connectivity index (χ3n) is 4.17. The van der Waals surface area contributed by atoms with E-state index in [0.717, 1.165) is 36.6 Å². The normalized spacial score (nSPS) is 17.2. The number of methoxy groups -OCH3 is 3. The van der Waals surface area contributed by atoms with E-state index in [4.69, 9.17) is 14.2 Å². The van der Waals surface area contributed by atoms with E-state index in [2.05, 4.69) is 20.9 Å². The van der Waals surface area contributed by atoms with Gasteiger partial charge in [-0.15, -0.1) is 0 Å². The molecule has 122 valence electrons. The third kappa shape index (κ3) is 3.02. The summed E-state index contributed by atoms with van der Waals surface area (Å²) in [6.07, 6.45) is 2.74. The standard InChI is InChI=1S/C17H21N3O3/c1-21-14-6-4-5-13(16(14)23-3)12-8-10-20(11-12)17-18-9-7-15(19-17)22-2/h4-7,9,12H,8,10-11H2,1-3H3. The van der Waals surface area contributed by atoms with E-state index in [0.29, 0.717) is 17.7 Å². The quantitative estimate of drug-likeness (QED) is 0.845.